The third-order valence-electron chi connectivity index (χ3n) is 2.12. The molecule has 17 heavy (non-hydrogen) atoms. The van der Waals surface area contributed by atoms with E-state index in [0.717, 1.165) is 11.0 Å². The Labute approximate surface area is 109 Å². The van der Waals surface area contributed by atoms with Crippen LogP contribution in [0.2, 0.25) is 5.02 Å². The molecule has 1 heterocycles. The summed E-state index contributed by atoms with van der Waals surface area (Å²) >= 11 is 7.25. The molecule has 0 spiro atoms. The topological polar surface area (TPSA) is 62.8 Å². The number of hydrogen-bond donors (Lipinski definition) is 1. The maximum atomic E-state index is 11.0. The van der Waals surface area contributed by atoms with Gasteiger partial charge in [-0.15, -0.1) is 0 Å². The Morgan fingerprint density at radius 3 is 2.94 bits per heavy atom. The SMILES string of the molecule is CS(=O)(=O)CCSc1nc2ccc(Cl)cc2[nH]1. The predicted octanol–water partition coefficient (Wildman–Crippen LogP) is 2.35. The molecule has 0 unspecified atom stereocenters. The lowest BCUT2D eigenvalue weighted by Crippen LogP contribution is -2.04. The molecule has 2 rings (SSSR count). The van der Waals surface area contributed by atoms with Gasteiger partial charge >= 0.3 is 0 Å². The number of halogens is 1. The van der Waals surface area contributed by atoms with Crippen LogP contribution in [0.1, 0.15) is 0 Å². The first-order valence-corrected chi connectivity index (χ1v) is 8.32. The second kappa shape index (κ2) is 4.88. The van der Waals surface area contributed by atoms with E-state index in [1.807, 2.05) is 6.07 Å². The molecule has 1 aromatic heterocycles. The molecule has 0 aliphatic heterocycles. The van der Waals surface area contributed by atoms with Gasteiger partial charge in [0.1, 0.15) is 9.84 Å². The van der Waals surface area contributed by atoms with Crippen LogP contribution in [-0.2, 0) is 9.84 Å². The molecule has 7 heteroatoms. The first-order chi connectivity index (χ1) is 7.94. The summed E-state index contributed by atoms with van der Waals surface area (Å²) in [7, 11) is -2.91. The van der Waals surface area contributed by atoms with Gasteiger partial charge in [0.25, 0.3) is 0 Å². The van der Waals surface area contributed by atoms with E-state index < -0.39 is 9.84 Å². The summed E-state index contributed by atoms with van der Waals surface area (Å²) < 4.78 is 22.0. The Bertz CT molecular complexity index is 637. The zero-order valence-electron chi connectivity index (χ0n) is 9.10. The van der Waals surface area contributed by atoms with Crippen LogP contribution in [0.5, 0.6) is 0 Å². The van der Waals surface area contributed by atoms with Gasteiger partial charge in [0.2, 0.25) is 0 Å². The van der Waals surface area contributed by atoms with Gasteiger partial charge in [-0.25, -0.2) is 13.4 Å². The fourth-order valence-corrected chi connectivity index (χ4v) is 3.57. The van der Waals surface area contributed by atoms with Crippen molar-refractivity contribution < 1.29 is 8.42 Å². The Balaban J connectivity index is 2.09. The quantitative estimate of drug-likeness (QED) is 0.878. The highest BCUT2D eigenvalue weighted by Gasteiger charge is 2.06. The third-order valence-corrected chi connectivity index (χ3v) is 4.43. The van der Waals surface area contributed by atoms with Crippen molar-refractivity contribution >= 4 is 44.2 Å². The van der Waals surface area contributed by atoms with Crippen LogP contribution >= 0.6 is 23.4 Å². The van der Waals surface area contributed by atoms with Crippen molar-refractivity contribution in [3.05, 3.63) is 23.2 Å². The van der Waals surface area contributed by atoms with E-state index in [4.69, 9.17) is 11.6 Å². The number of H-pyrrole nitrogens is 1. The van der Waals surface area contributed by atoms with Crippen LogP contribution in [0.15, 0.2) is 23.4 Å². The molecule has 4 nitrogen and oxygen atoms in total. The van der Waals surface area contributed by atoms with Gasteiger partial charge in [-0.3, -0.25) is 0 Å². The van der Waals surface area contributed by atoms with Crippen LogP contribution < -0.4 is 0 Å². The number of sulfone groups is 1. The Hall–Kier alpha value is -0.720. The van der Waals surface area contributed by atoms with Crippen LogP contribution in [0.25, 0.3) is 11.0 Å². The van der Waals surface area contributed by atoms with Gasteiger partial charge in [0.05, 0.1) is 16.8 Å². The number of rotatable bonds is 4. The van der Waals surface area contributed by atoms with Crippen LogP contribution in [0.3, 0.4) is 0 Å². The van der Waals surface area contributed by atoms with E-state index in [9.17, 15) is 8.42 Å². The molecule has 2 aromatic rings. The number of hydrogen-bond acceptors (Lipinski definition) is 4. The highest BCUT2D eigenvalue weighted by atomic mass is 35.5. The number of aromatic nitrogens is 2. The predicted molar refractivity (Wildman–Crippen MR) is 71.5 cm³/mol. The lowest BCUT2D eigenvalue weighted by Gasteiger charge is -1.95. The number of imidazole rings is 1. The molecule has 0 bridgehead atoms. The van der Waals surface area contributed by atoms with Crippen LogP contribution in [0, 0.1) is 0 Å². The fourth-order valence-electron chi connectivity index (χ4n) is 1.32. The van der Waals surface area contributed by atoms with Crippen molar-refractivity contribution in [2.24, 2.45) is 0 Å². The molecule has 0 radical (unpaired) electrons. The number of thioether (sulfide) groups is 1. The first kappa shape index (κ1) is 12.7. The lowest BCUT2D eigenvalue weighted by molar-refractivity contribution is 0.603. The summed E-state index contributed by atoms with van der Waals surface area (Å²) in [5.74, 6) is 0.641. The van der Waals surface area contributed by atoms with E-state index in [0.29, 0.717) is 15.9 Å². The van der Waals surface area contributed by atoms with Crippen molar-refractivity contribution in [3.8, 4) is 0 Å². The molecule has 1 aromatic carbocycles. The van der Waals surface area contributed by atoms with Crippen LogP contribution in [-0.4, -0.2) is 36.1 Å². The fraction of sp³-hybridized carbons (Fsp3) is 0.300. The highest BCUT2D eigenvalue weighted by molar-refractivity contribution is 8.00. The molecular weight excluding hydrogens is 280 g/mol. The van der Waals surface area contributed by atoms with E-state index >= 15 is 0 Å². The highest BCUT2D eigenvalue weighted by Crippen LogP contribution is 2.22. The Morgan fingerprint density at radius 1 is 1.47 bits per heavy atom. The minimum Gasteiger partial charge on any atom is -0.333 e. The maximum absolute atomic E-state index is 11.0. The molecule has 0 atom stereocenters. The summed E-state index contributed by atoms with van der Waals surface area (Å²) in [5.41, 5.74) is 1.69. The largest absolute Gasteiger partial charge is 0.333 e. The van der Waals surface area contributed by atoms with Crippen molar-refractivity contribution in [1.82, 2.24) is 9.97 Å². The van der Waals surface area contributed by atoms with Crippen molar-refractivity contribution in [2.45, 2.75) is 5.16 Å². The summed E-state index contributed by atoms with van der Waals surface area (Å²) in [6, 6.07) is 5.40. The average Bonchev–Trinajstić information content (AvgIpc) is 2.57. The zero-order chi connectivity index (χ0) is 12.5. The Kier molecular flexibility index (Phi) is 3.65. The van der Waals surface area contributed by atoms with Gasteiger partial charge in [0, 0.05) is 17.0 Å². The number of benzene rings is 1. The molecular formula is C10H11ClN2O2S2. The molecule has 0 saturated heterocycles. The third kappa shape index (κ3) is 3.62. The number of fused-ring (bicyclic) bond motifs is 1. The van der Waals surface area contributed by atoms with Crippen LogP contribution in [0.4, 0.5) is 0 Å². The summed E-state index contributed by atoms with van der Waals surface area (Å²) in [4.78, 5) is 7.42. The monoisotopic (exact) mass is 290 g/mol. The van der Waals surface area contributed by atoms with E-state index in [-0.39, 0.29) is 5.75 Å². The molecule has 1 N–H and O–H groups in total. The maximum Gasteiger partial charge on any atom is 0.166 e. The van der Waals surface area contributed by atoms with Gasteiger partial charge in [-0.2, -0.15) is 0 Å². The van der Waals surface area contributed by atoms with Crippen molar-refractivity contribution in [1.29, 1.82) is 0 Å². The lowest BCUT2D eigenvalue weighted by atomic mass is 10.3. The average molecular weight is 291 g/mol. The second-order valence-electron chi connectivity index (χ2n) is 3.68. The standard InChI is InChI=1S/C10H11ClN2O2S2/c1-17(14,15)5-4-16-10-12-8-3-2-7(11)6-9(8)13-10/h2-3,6H,4-5H2,1H3,(H,12,13). The number of nitrogens with zero attached hydrogens (tertiary/aromatic N) is 1. The number of nitrogens with one attached hydrogen (secondary N) is 1. The minimum absolute atomic E-state index is 0.148. The summed E-state index contributed by atoms with van der Waals surface area (Å²) in [6.45, 7) is 0. The van der Waals surface area contributed by atoms with Crippen molar-refractivity contribution in [3.63, 3.8) is 0 Å². The molecule has 0 saturated carbocycles. The van der Waals surface area contributed by atoms with Gasteiger partial charge in [0.15, 0.2) is 5.16 Å². The molecule has 92 valence electrons. The van der Waals surface area contributed by atoms with Crippen molar-refractivity contribution in [2.75, 3.05) is 17.8 Å². The Morgan fingerprint density at radius 2 is 2.24 bits per heavy atom. The molecule has 0 amide bonds. The molecule has 0 aliphatic rings. The molecule has 0 aliphatic carbocycles. The molecule has 0 fully saturated rings. The van der Waals surface area contributed by atoms with Gasteiger partial charge in [-0.05, 0) is 18.2 Å². The second-order valence-corrected chi connectivity index (χ2v) is 7.46. The zero-order valence-corrected chi connectivity index (χ0v) is 11.5. The summed E-state index contributed by atoms with van der Waals surface area (Å²) in [5, 5.41) is 1.36. The van der Waals surface area contributed by atoms with E-state index in [1.165, 1.54) is 18.0 Å². The van der Waals surface area contributed by atoms with E-state index in [2.05, 4.69) is 9.97 Å². The number of aromatic amines is 1. The van der Waals surface area contributed by atoms with E-state index in [1.54, 1.807) is 12.1 Å². The first-order valence-electron chi connectivity index (χ1n) is 4.90. The normalized spacial score (nSPS) is 12.1. The smallest absolute Gasteiger partial charge is 0.166 e. The van der Waals surface area contributed by atoms with Gasteiger partial charge in [-0.1, -0.05) is 23.4 Å². The minimum atomic E-state index is -2.91. The summed E-state index contributed by atoms with van der Waals surface area (Å²) in [6.07, 6.45) is 1.23. The van der Waals surface area contributed by atoms with Gasteiger partial charge < -0.3 is 4.98 Å².